The monoisotopic (exact) mass is 276 g/mol. The first-order chi connectivity index (χ1) is 9.06. The summed E-state index contributed by atoms with van der Waals surface area (Å²) in [4.78, 5) is 12.6. The van der Waals surface area contributed by atoms with E-state index in [1.807, 2.05) is 24.3 Å². The third-order valence-electron chi connectivity index (χ3n) is 3.80. The first-order valence-corrected chi connectivity index (χ1v) is 7.15. The number of nitrogens with two attached hydrogens (primary N) is 1. The van der Waals surface area contributed by atoms with Crippen molar-refractivity contribution in [1.29, 1.82) is 0 Å². The van der Waals surface area contributed by atoms with Gasteiger partial charge in [0.25, 0.3) is 0 Å². The van der Waals surface area contributed by atoms with E-state index in [1.165, 1.54) is 0 Å². The van der Waals surface area contributed by atoms with Crippen LogP contribution in [0.25, 0.3) is 0 Å². The van der Waals surface area contributed by atoms with Crippen LogP contribution in [0.1, 0.15) is 31.7 Å². The number of anilines is 1. The number of hydrogen-bond donors (Lipinski definition) is 2. The van der Waals surface area contributed by atoms with Crippen molar-refractivity contribution in [2.24, 2.45) is 17.6 Å². The highest BCUT2D eigenvalue weighted by molar-refractivity contribution is 7.80. The molecule has 0 spiro atoms. The lowest BCUT2D eigenvalue weighted by molar-refractivity contribution is -0.120. The van der Waals surface area contributed by atoms with Crippen LogP contribution >= 0.6 is 12.2 Å². The van der Waals surface area contributed by atoms with E-state index >= 15 is 0 Å². The Morgan fingerprint density at radius 1 is 1.37 bits per heavy atom. The van der Waals surface area contributed by atoms with E-state index in [2.05, 4.69) is 12.2 Å². The van der Waals surface area contributed by atoms with Crippen molar-refractivity contribution in [3.63, 3.8) is 0 Å². The molecule has 0 aliphatic heterocycles. The second kappa shape index (κ2) is 6.15. The Bertz CT molecular complexity index is 470. The smallest absolute Gasteiger partial charge is 0.227 e. The second-order valence-electron chi connectivity index (χ2n) is 5.34. The molecule has 19 heavy (non-hydrogen) atoms. The fourth-order valence-electron chi connectivity index (χ4n) is 2.68. The Balaban J connectivity index is 1.95. The summed E-state index contributed by atoms with van der Waals surface area (Å²) in [5.41, 5.74) is 7.42. The number of amides is 1. The van der Waals surface area contributed by atoms with Crippen LogP contribution in [-0.2, 0) is 11.2 Å². The van der Waals surface area contributed by atoms with Gasteiger partial charge in [0.2, 0.25) is 5.91 Å². The van der Waals surface area contributed by atoms with Gasteiger partial charge >= 0.3 is 0 Å². The zero-order valence-electron chi connectivity index (χ0n) is 11.2. The maximum absolute atomic E-state index is 12.1. The van der Waals surface area contributed by atoms with Crippen LogP contribution in [0.3, 0.4) is 0 Å². The van der Waals surface area contributed by atoms with Crippen LogP contribution in [0.2, 0.25) is 0 Å². The second-order valence-corrected chi connectivity index (χ2v) is 5.87. The van der Waals surface area contributed by atoms with Crippen molar-refractivity contribution >= 4 is 28.8 Å². The van der Waals surface area contributed by atoms with E-state index in [0.29, 0.717) is 17.3 Å². The van der Waals surface area contributed by atoms with Crippen molar-refractivity contribution in [2.45, 2.75) is 32.6 Å². The molecular weight excluding hydrogens is 256 g/mol. The highest BCUT2D eigenvalue weighted by Gasteiger charge is 2.29. The fourth-order valence-corrected chi connectivity index (χ4v) is 2.84. The average molecular weight is 276 g/mol. The van der Waals surface area contributed by atoms with Gasteiger partial charge in [-0.25, -0.2) is 0 Å². The summed E-state index contributed by atoms with van der Waals surface area (Å²) in [6.07, 6.45) is 3.92. The lowest BCUT2D eigenvalue weighted by Crippen LogP contribution is -2.24. The van der Waals surface area contributed by atoms with E-state index in [1.54, 1.807) is 0 Å². The van der Waals surface area contributed by atoms with Crippen LogP contribution in [0.4, 0.5) is 5.69 Å². The molecule has 0 heterocycles. The van der Waals surface area contributed by atoms with Crippen LogP contribution < -0.4 is 11.1 Å². The molecule has 1 fully saturated rings. The molecule has 3 N–H and O–H groups in total. The summed E-state index contributed by atoms with van der Waals surface area (Å²) in [7, 11) is 0. The standard InChI is InChI=1S/C15H20N2OS/c1-10-3-2-4-13(10)15(18)17-12-7-5-11(6-8-12)9-14(16)19/h5-8,10,13H,2-4,9H2,1H3,(H2,16,19)(H,17,18). The molecule has 2 atom stereocenters. The van der Waals surface area contributed by atoms with E-state index < -0.39 is 0 Å². The predicted molar refractivity (Wildman–Crippen MR) is 82.1 cm³/mol. The molecule has 1 aromatic carbocycles. The van der Waals surface area contributed by atoms with Crippen LogP contribution in [0.5, 0.6) is 0 Å². The fraction of sp³-hybridized carbons (Fsp3) is 0.467. The van der Waals surface area contributed by atoms with Crippen molar-refractivity contribution < 1.29 is 4.79 Å². The Hall–Kier alpha value is -1.42. The summed E-state index contributed by atoms with van der Waals surface area (Å²) >= 11 is 4.87. The number of carbonyl (C=O) groups is 1. The Morgan fingerprint density at radius 3 is 2.58 bits per heavy atom. The van der Waals surface area contributed by atoms with Gasteiger partial charge in [-0.15, -0.1) is 0 Å². The zero-order chi connectivity index (χ0) is 13.8. The topological polar surface area (TPSA) is 55.1 Å². The van der Waals surface area contributed by atoms with E-state index in [-0.39, 0.29) is 11.8 Å². The molecule has 0 saturated heterocycles. The summed E-state index contributed by atoms with van der Waals surface area (Å²) in [6.45, 7) is 2.16. The molecule has 1 saturated carbocycles. The van der Waals surface area contributed by atoms with Crippen LogP contribution in [-0.4, -0.2) is 10.9 Å². The lowest BCUT2D eigenvalue weighted by Gasteiger charge is -2.15. The Morgan fingerprint density at radius 2 is 2.05 bits per heavy atom. The van der Waals surface area contributed by atoms with Gasteiger partial charge in [0.15, 0.2) is 0 Å². The third kappa shape index (κ3) is 3.77. The number of benzene rings is 1. The third-order valence-corrected chi connectivity index (χ3v) is 3.94. The highest BCUT2D eigenvalue weighted by Crippen LogP contribution is 2.32. The molecule has 0 radical (unpaired) electrons. The number of hydrogen-bond acceptors (Lipinski definition) is 2. The Kier molecular flexibility index (Phi) is 4.53. The minimum Gasteiger partial charge on any atom is -0.393 e. The molecule has 0 bridgehead atoms. The normalized spacial score (nSPS) is 22.2. The highest BCUT2D eigenvalue weighted by atomic mass is 32.1. The first-order valence-electron chi connectivity index (χ1n) is 6.74. The average Bonchev–Trinajstić information content (AvgIpc) is 2.77. The van der Waals surface area contributed by atoms with Gasteiger partial charge in [0.05, 0.1) is 4.99 Å². The van der Waals surface area contributed by atoms with Crippen molar-refractivity contribution in [3.8, 4) is 0 Å². The summed E-state index contributed by atoms with van der Waals surface area (Å²) in [5.74, 6) is 0.803. The van der Waals surface area contributed by atoms with Crippen LogP contribution in [0, 0.1) is 11.8 Å². The van der Waals surface area contributed by atoms with Gasteiger partial charge in [0.1, 0.15) is 0 Å². The van der Waals surface area contributed by atoms with Gasteiger partial charge in [0, 0.05) is 18.0 Å². The maximum atomic E-state index is 12.1. The minimum atomic E-state index is 0.145. The molecule has 102 valence electrons. The van der Waals surface area contributed by atoms with Gasteiger partial charge in [-0.05, 0) is 36.5 Å². The maximum Gasteiger partial charge on any atom is 0.227 e. The summed E-state index contributed by atoms with van der Waals surface area (Å²) < 4.78 is 0. The number of nitrogens with one attached hydrogen (secondary N) is 1. The number of thiocarbonyl (C=S) groups is 1. The predicted octanol–water partition coefficient (Wildman–Crippen LogP) is 2.89. The molecule has 4 heteroatoms. The quantitative estimate of drug-likeness (QED) is 0.831. The van der Waals surface area contributed by atoms with E-state index in [9.17, 15) is 4.79 Å². The van der Waals surface area contributed by atoms with E-state index in [4.69, 9.17) is 18.0 Å². The summed E-state index contributed by atoms with van der Waals surface area (Å²) in [6, 6.07) is 7.72. The SMILES string of the molecule is CC1CCCC1C(=O)Nc1ccc(CC(N)=S)cc1. The van der Waals surface area contributed by atoms with Gasteiger partial charge in [-0.3, -0.25) is 4.79 Å². The van der Waals surface area contributed by atoms with Gasteiger partial charge in [-0.1, -0.05) is 37.7 Å². The van der Waals surface area contributed by atoms with Crippen molar-refractivity contribution in [3.05, 3.63) is 29.8 Å². The molecule has 1 aliphatic carbocycles. The molecular formula is C15H20N2OS. The molecule has 2 unspecified atom stereocenters. The van der Waals surface area contributed by atoms with Crippen molar-refractivity contribution in [1.82, 2.24) is 0 Å². The number of rotatable bonds is 4. The zero-order valence-corrected chi connectivity index (χ0v) is 12.0. The minimum absolute atomic E-state index is 0.145. The largest absolute Gasteiger partial charge is 0.393 e. The van der Waals surface area contributed by atoms with E-state index in [0.717, 1.165) is 30.5 Å². The Labute approximate surface area is 119 Å². The first kappa shape index (κ1) is 14.0. The lowest BCUT2D eigenvalue weighted by atomic mass is 9.97. The molecule has 1 aliphatic rings. The molecule has 0 aromatic heterocycles. The number of carbonyl (C=O) groups excluding carboxylic acids is 1. The molecule has 1 aromatic rings. The van der Waals surface area contributed by atoms with Crippen LogP contribution in [0.15, 0.2) is 24.3 Å². The van der Waals surface area contributed by atoms with Gasteiger partial charge < -0.3 is 11.1 Å². The molecule has 3 nitrogen and oxygen atoms in total. The van der Waals surface area contributed by atoms with Gasteiger partial charge in [-0.2, -0.15) is 0 Å². The summed E-state index contributed by atoms with van der Waals surface area (Å²) in [5, 5.41) is 2.99. The molecule has 2 rings (SSSR count). The molecule has 1 amide bonds. The van der Waals surface area contributed by atoms with Crippen molar-refractivity contribution in [2.75, 3.05) is 5.32 Å².